The summed E-state index contributed by atoms with van der Waals surface area (Å²) in [5.74, 6) is -0.891. The molecule has 0 spiro atoms. The largest absolute Gasteiger partial charge is 0.573 e. The zero-order valence-electron chi connectivity index (χ0n) is 17.4. The van der Waals surface area contributed by atoms with Gasteiger partial charge in [-0.3, -0.25) is 4.40 Å². The standard InChI is InChI=1S/C22H17F5N4O3/c1-12(13-4-2-5-14(32)10-13)28-21-30-29-19(17-6-3-9-31(17)21)16-8-7-15(33-20(23)24)11-18(16)34-22(25,26)27/h2-12,20,32H,1H3,(H,28,30). The van der Waals surface area contributed by atoms with Crippen molar-refractivity contribution in [1.82, 2.24) is 14.6 Å². The number of hydrogen-bond donors (Lipinski definition) is 2. The van der Waals surface area contributed by atoms with Crippen molar-refractivity contribution in [2.75, 3.05) is 5.32 Å². The SMILES string of the molecule is CC(Nc1nnc(-c2ccc(OC(F)F)cc2OC(F)(F)F)c2cccn12)c1cccc(O)c1. The topological polar surface area (TPSA) is 80.9 Å². The third kappa shape index (κ3) is 5.11. The van der Waals surface area contributed by atoms with Crippen molar-refractivity contribution in [1.29, 1.82) is 0 Å². The van der Waals surface area contributed by atoms with Gasteiger partial charge in [-0.05, 0) is 48.9 Å². The number of rotatable bonds is 7. The molecule has 0 aliphatic heterocycles. The van der Waals surface area contributed by atoms with Crippen LogP contribution in [0.15, 0.2) is 60.8 Å². The quantitative estimate of drug-likeness (QED) is 0.327. The van der Waals surface area contributed by atoms with E-state index < -0.39 is 24.5 Å². The van der Waals surface area contributed by atoms with E-state index in [1.807, 2.05) is 6.92 Å². The molecule has 2 aromatic carbocycles. The molecule has 0 bridgehead atoms. The molecule has 2 aromatic heterocycles. The van der Waals surface area contributed by atoms with Crippen LogP contribution in [-0.2, 0) is 0 Å². The number of anilines is 1. The van der Waals surface area contributed by atoms with E-state index in [1.54, 1.807) is 40.9 Å². The van der Waals surface area contributed by atoms with Gasteiger partial charge in [-0.15, -0.1) is 23.4 Å². The van der Waals surface area contributed by atoms with E-state index >= 15 is 0 Å². The Labute approximate surface area is 189 Å². The molecule has 1 unspecified atom stereocenters. The molecule has 2 heterocycles. The number of hydrogen-bond acceptors (Lipinski definition) is 6. The summed E-state index contributed by atoms with van der Waals surface area (Å²) in [6, 6.07) is 12.5. The molecule has 178 valence electrons. The molecular weight excluding hydrogens is 463 g/mol. The van der Waals surface area contributed by atoms with Gasteiger partial charge in [0, 0.05) is 17.8 Å². The molecule has 1 atom stereocenters. The van der Waals surface area contributed by atoms with Gasteiger partial charge in [0.25, 0.3) is 0 Å². The van der Waals surface area contributed by atoms with E-state index in [0.717, 1.165) is 17.7 Å². The van der Waals surface area contributed by atoms with Gasteiger partial charge >= 0.3 is 13.0 Å². The summed E-state index contributed by atoms with van der Waals surface area (Å²) in [6.45, 7) is -1.39. The normalized spacial score (nSPS) is 12.7. The fourth-order valence-electron chi connectivity index (χ4n) is 3.40. The lowest BCUT2D eigenvalue weighted by Crippen LogP contribution is -2.18. The highest BCUT2D eigenvalue weighted by atomic mass is 19.4. The van der Waals surface area contributed by atoms with Crippen LogP contribution in [0.4, 0.5) is 27.9 Å². The lowest BCUT2D eigenvalue weighted by molar-refractivity contribution is -0.274. The van der Waals surface area contributed by atoms with Gasteiger partial charge in [0.15, 0.2) is 0 Å². The number of nitrogens with one attached hydrogen (secondary N) is 1. The molecular formula is C22H17F5N4O3. The highest BCUT2D eigenvalue weighted by Gasteiger charge is 2.33. The van der Waals surface area contributed by atoms with Gasteiger partial charge in [0.2, 0.25) is 5.95 Å². The Morgan fingerprint density at radius 3 is 2.53 bits per heavy atom. The Morgan fingerprint density at radius 2 is 1.82 bits per heavy atom. The van der Waals surface area contributed by atoms with Crippen LogP contribution in [0, 0.1) is 0 Å². The molecule has 12 heteroatoms. The van der Waals surface area contributed by atoms with Gasteiger partial charge in [-0.25, -0.2) is 0 Å². The molecule has 0 fully saturated rings. The van der Waals surface area contributed by atoms with Crippen molar-refractivity contribution >= 4 is 11.5 Å². The summed E-state index contributed by atoms with van der Waals surface area (Å²) in [5.41, 5.74) is 1.06. The molecule has 0 saturated heterocycles. The molecule has 0 aliphatic carbocycles. The predicted molar refractivity (Wildman–Crippen MR) is 112 cm³/mol. The van der Waals surface area contributed by atoms with Crippen LogP contribution in [0.2, 0.25) is 0 Å². The lowest BCUT2D eigenvalue weighted by Gasteiger charge is -2.18. The number of phenolic OH excluding ortho intramolecular Hbond substituents is 1. The fourth-order valence-corrected chi connectivity index (χ4v) is 3.40. The minimum atomic E-state index is -5.08. The van der Waals surface area contributed by atoms with Crippen LogP contribution >= 0.6 is 0 Å². The first-order valence-corrected chi connectivity index (χ1v) is 9.85. The van der Waals surface area contributed by atoms with Crippen molar-refractivity contribution in [3.8, 4) is 28.5 Å². The number of aromatic nitrogens is 3. The van der Waals surface area contributed by atoms with Crippen LogP contribution in [0.1, 0.15) is 18.5 Å². The number of nitrogens with zero attached hydrogens (tertiary/aromatic N) is 3. The Bertz CT molecular complexity index is 1310. The van der Waals surface area contributed by atoms with Crippen LogP contribution in [0.5, 0.6) is 17.2 Å². The number of phenols is 1. The molecule has 7 nitrogen and oxygen atoms in total. The van der Waals surface area contributed by atoms with Gasteiger partial charge in [-0.1, -0.05) is 12.1 Å². The maximum absolute atomic E-state index is 13.0. The van der Waals surface area contributed by atoms with Gasteiger partial charge in [0.1, 0.15) is 22.9 Å². The van der Waals surface area contributed by atoms with E-state index in [-0.39, 0.29) is 29.0 Å². The first-order chi connectivity index (χ1) is 16.1. The average Bonchev–Trinajstić information content (AvgIpc) is 3.23. The predicted octanol–water partition coefficient (Wildman–Crippen LogP) is 5.78. The second-order valence-corrected chi connectivity index (χ2v) is 7.18. The van der Waals surface area contributed by atoms with Gasteiger partial charge in [-0.2, -0.15) is 8.78 Å². The first-order valence-electron chi connectivity index (χ1n) is 9.85. The minimum absolute atomic E-state index is 0.0309. The molecule has 0 aliphatic rings. The van der Waals surface area contributed by atoms with Crippen LogP contribution < -0.4 is 14.8 Å². The van der Waals surface area contributed by atoms with Crippen molar-refractivity contribution in [2.24, 2.45) is 0 Å². The third-order valence-electron chi connectivity index (χ3n) is 4.84. The van der Waals surface area contributed by atoms with Crippen molar-refractivity contribution in [3.05, 3.63) is 66.4 Å². The second kappa shape index (κ2) is 9.04. The maximum Gasteiger partial charge on any atom is 0.573 e. The molecule has 2 N–H and O–H groups in total. The smallest absolute Gasteiger partial charge is 0.508 e. The van der Waals surface area contributed by atoms with E-state index in [9.17, 15) is 27.1 Å². The minimum Gasteiger partial charge on any atom is -0.508 e. The number of alkyl halides is 5. The number of fused-ring (bicyclic) bond motifs is 1. The van der Waals surface area contributed by atoms with Gasteiger partial charge in [0.05, 0.1) is 11.6 Å². The average molecular weight is 480 g/mol. The van der Waals surface area contributed by atoms with E-state index in [1.165, 1.54) is 6.07 Å². The summed E-state index contributed by atoms with van der Waals surface area (Å²) in [5, 5.41) is 21.0. The Kier molecular flexibility index (Phi) is 6.14. The Hall–Kier alpha value is -4.09. The summed E-state index contributed by atoms with van der Waals surface area (Å²) in [7, 11) is 0. The summed E-state index contributed by atoms with van der Waals surface area (Å²) in [4.78, 5) is 0. The fraction of sp³-hybridized carbons (Fsp3) is 0.182. The Morgan fingerprint density at radius 1 is 1.03 bits per heavy atom. The molecule has 0 amide bonds. The number of ether oxygens (including phenoxy) is 2. The number of halogens is 5. The summed E-state index contributed by atoms with van der Waals surface area (Å²) < 4.78 is 73.9. The van der Waals surface area contributed by atoms with Crippen molar-refractivity contribution in [3.63, 3.8) is 0 Å². The molecule has 34 heavy (non-hydrogen) atoms. The van der Waals surface area contributed by atoms with Crippen LogP contribution in [-0.4, -0.2) is 32.7 Å². The lowest BCUT2D eigenvalue weighted by atomic mass is 10.1. The van der Waals surface area contributed by atoms with Crippen molar-refractivity contribution < 1.29 is 36.5 Å². The van der Waals surface area contributed by atoms with Crippen molar-refractivity contribution in [2.45, 2.75) is 25.9 Å². The van der Waals surface area contributed by atoms with Crippen LogP contribution in [0.3, 0.4) is 0 Å². The van der Waals surface area contributed by atoms with E-state index in [4.69, 9.17) is 0 Å². The highest BCUT2D eigenvalue weighted by molar-refractivity contribution is 5.82. The zero-order chi connectivity index (χ0) is 24.5. The number of benzene rings is 2. The highest BCUT2D eigenvalue weighted by Crippen LogP contribution is 2.38. The molecule has 4 rings (SSSR count). The Balaban J connectivity index is 1.74. The third-order valence-corrected chi connectivity index (χ3v) is 4.84. The molecule has 4 aromatic rings. The second-order valence-electron chi connectivity index (χ2n) is 7.18. The maximum atomic E-state index is 13.0. The van der Waals surface area contributed by atoms with Crippen LogP contribution in [0.25, 0.3) is 16.8 Å². The molecule has 0 saturated carbocycles. The van der Waals surface area contributed by atoms with Gasteiger partial charge < -0.3 is 19.9 Å². The zero-order valence-corrected chi connectivity index (χ0v) is 17.4. The summed E-state index contributed by atoms with van der Waals surface area (Å²) in [6.07, 6.45) is -3.45. The first kappa shape index (κ1) is 23.1. The number of aromatic hydroxyl groups is 1. The summed E-state index contributed by atoms with van der Waals surface area (Å²) >= 11 is 0. The van der Waals surface area contributed by atoms with E-state index in [0.29, 0.717) is 11.6 Å². The monoisotopic (exact) mass is 480 g/mol. The molecule has 0 radical (unpaired) electrons. The van der Waals surface area contributed by atoms with E-state index in [2.05, 4.69) is 25.0 Å².